The first-order valence-corrected chi connectivity index (χ1v) is 8.92. The summed E-state index contributed by atoms with van der Waals surface area (Å²) in [5.74, 6) is 0.232. The topological polar surface area (TPSA) is 57.2 Å². The van der Waals surface area contributed by atoms with Gasteiger partial charge in [-0.25, -0.2) is 0 Å². The number of hydrogen-bond acceptors (Lipinski definition) is 5. The van der Waals surface area contributed by atoms with Crippen molar-refractivity contribution in [3.05, 3.63) is 42.5 Å². The minimum Gasteiger partial charge on any atom is -0.497 e. The number of rotatable bonds is 10. The molecule has 0 radical (unpaired) electrons. The zero-order chi connectivity index (χ0) is 18.3. The molecule has 1 heterocycles. The van der Waals surface area contributed by atoms with Gasteiger partial charge in [0.05, 0.1) is 26.4 Å². The number of ether oxygens (including phenoxy) is 4. The highest BCUT2D eigenvalue weighted by molar-refractivity contribution is 5.26. The molecule has 25 heavy (non-hydrogen) atoms. The molecule has 1 N–H and O–H groups in total. The molecule has 1 aliphatic heterocycles. The van der Waals surface area contributed by atoms with E-state index in [2.05, 4.69) is 6.58 Å². The number of hydrogen-bond donors (Lipinski definition) is 1. The Morgan fingerprint density at radius 1 is 1.32 bits per heavy atom. The molecule has 0 amide bonds. The first-order valence-electron chi connectivity index (χ1n) is 8.92. The van der Waals surface area contributed by atoms with Gasteiger partial charge in [0.25, 0.3) is 0 Å². The molecule has 1 unspecified atom stereocenters. The Bertz CT molecular complexity index is 523. The summed E-state index contributed by atoms with van der Waals surface area (Å²) in [4.78, 5) is 0. The smallest absolute Gasteiger partial charge is 0.168 e. The third kappa shape index (κ3) is 5.05. The number of aliphatic hydroxyl groups excluding tert-OH is 1. The van der Waals surface area contributed by atoms with E-state index in [0.29, 0.717) is 19.6 Å². The van der Waals surface area contributed by atoms with Crippen molar-refractivity contribution in [2.45, 2.75) is 63.8 Å². The molecule has 3 atom stereocenters. The highest BCUT2D eigenvalue weighted by Crippen LogP contribution is 2.33. The Balaban J connectivity index is 2.04. The molecule has 2 rings (SSSR count). The molecule has 1 fully saturated rings. The average molecular weight is 350 g/mol. The lowest BCUT2D eigenvalue weighted by molar-refractivity contribution is -0.195. The number of aliphatic hydroxyl groups is 1. The van der Waals surface area contributed by atoms with Crippen LogP contribution in [0.5, 0.6) is 5.75 Å². The van der Waals surface area contributed by atoms with Crippen LogP contribution in [-0.4, -0.2) is 42.9 Å². The van der Waals surface area contributed by atoms with Crippen molar-refractivity contribution in [2.75, 3.05) is 13.7 Å². The Kier molecular flexibility index (Phi) is 7.44. The van der Waals surface area contributed by atoms with Crippen molar-refractivity contribution < 1.29 is 24.1 Å². The summed E-state index contributed by atoms with van der Waals surface area (Å²) in [5.41, 5.74) is 1.01. The molecule has 0 aliphatic carbocycles. The molecule has 0 spiro atoms. The van der Waals surface area contributed by atoms with E-state index in [9.17, 15) is 5.11 Å². The zero-order valence-electron chi connectivity index (χ0n) is 15.4. The quantitative estimate of drug-likeness (QED) is 0.655. The maximum Gasteiger partial charge on any atom is 0.168 e. The maximum absolute atomic E-state index is 10.5. The van der Waals surface area contributed by atoms with Crippen LogP contribution in [0.25, 0.3) is 0 Å². The summed E-state index contributed by atoms with van der Waals surface area (Å²) in [7, 11) is 1.64. The first kappa shape index (κ1) is 19.9. The molecule has 1 saturated heterocycles. The van der Waals surface area contributed by atoms with Crippen molar-refractivity contribution in [1.82, 2.24) is 0 Å². The summed E-state index contributed by atoms with van der Waals surface area (Å²) < 4.78 is 23.2. The Hall–Kier alpha value is -1.40. The molecular weight excluding hydrogens is 320 g/mol. The molecule has 1 aromatic carbocycles. The third-order valence-electron chi connectivity index (χ3n) is 4.71. The summed E-state index contributed by atoms with van der Waals surface area (Å²) in [6.45, 7) is 8.59. The van der Waals surface area contributed by atoms with E-state index >= 15 is 0 Å². The molecule has 0 saturated carbocycles. The second kappa shape index (κ2) is 9.34. The van der Waals surface area contributed by atoms with E-state index in [0.717, 1.165) is 24.2 Å². The van der Waals surface area contributed by atoms with E-state index in [4.69, 9.17) is 18.9 Å². The van der Waals surface area contributed by atoms with Gasteiger partial charge < -0.3 is 24.1 Å². The molecule has 1 aromatic rings. The highest BCUT2D eigenvalue weighted by Gasteiger charge is 2.44. The van der Waals surface area contributed by atoms with Gasteiger partial charge in [-0.3, -0.25) is 0 Å². The van der Waals surface area contributed by atoms with Crippen molar-refractivity contribution in [2.24, 2.45) is 0 Å². The fourth-order valence-corrected chi connectivity index (χ4v) is 3.05. The maximum atomic E-state index is 10.5. The van der Waals surface area contributed by atoms with Gasteiger partial charge in [-0.2, -0.15) is 0 Å². The zero-order valence-corrected chi connectivity index (χ0v) is 15.4. The second-order valence-corrected chi connectivity index (χ2v) is 6.30. The van der Waals surface area contributed by atoms with Crippen LogP contribution < -0.4 is 4.74 Å². The fraction of sp³-hybridized carbons (Fsp3) is 0.600. The van der Waals surface area contributed by atoms with Crippen LogP contribution in [0.1, 0.15) is 38.7 Å². The van der Waals surface area contributed by atoms with Crippen LogP contribution in [0.2, 0.25) is 0 Å². The van der Waals surface area contributed by atoms with Crippen molar-refractivity contribution in [3.8, 4) is 5.75 Å². The standard InChI is InChI=1S/C20H30O5/c1-5-8-17(21)19(18-14-24-20(6-2,7-3)25-18)23-13-15-9-11-16(22-4)12-10-15/h5,9-12,17-19,21H,1,6-8,13-14H2,2-4H3/t17?,18-,19-/m0/s1. The van der Waals surface area contributed by atoms with E-state index < -0.39 is 18.0 Å². The number of methoxy groups -OCH3 is 1. The predicted octanol–water partition coefficient (Wildman–Crippen LogP) is 3.45. The van der Waals surface area contributed by atoms with Crippen molar-refractivity contribution in [3.63, 3.8) is 0 Å². The molecule has 0 aromatic heterocycles. The summed E-state index contributed by atoms with van der Waals surface area (Å²) in [6, 6.07) is 7.68. The molecule has 5 heteroatoms. The summed E-state index contributed by atoms with van der Waals surface area (Å²) in [6.07, 6.45) is 2.21. The minimum absolute atomic E-state index is 0.298. The highest BCUT2D eigenvalue weighted by atomic mass is 16.8. The van der Waals surface area contributed by atoms with Crippen LogP contribution in [0.15, 0.2) is 36.9 Å². The second-order valence-electron chi connectivity index (χ2n) is 6.30. The van der Waals surface area contributed by atoms with Gasteiger partial charge >= 0.3 is 0 Å². The SMILES string of the molecule is C=CCC(O)[C@H](OCc1ccc(OC)cc1)[C@@H]1COC(CC)(CC)O1. The lowest BCUT2D eigenvalue weighted by Crippen LogP contribution is -2.42. The van der Waals surface area contributed by atoms with E-state index in [-0.39, 0.29) is 6.10 Å². The Morgan fingerprint density at radius 3 is 2.52 bits per heavy atom. The molecular formula is C20H30O5. The van der Waals surface area contributed by atoms with Crippen LogP contribution >= 0.6 is 0 Å². The largest absolute Gasteiger partial charge is 0.497 e. The molecule has 5 nitrogen and oxygen atoms in total. The van der Waals surface area contributed by atoms with E-state index in [1.165, 1.54) is 0 Å². The van der Waals surface area contributed by atoms with E-state index in [1.807, 2.05) is 38.1 Å². The van der Waals surface area contributed by atoms with Crippen LogP contribution in [0.4, 0.5) is 0 Å². The molecule has 140 valence electrons. The Morgan fingerprint density at radius 2 is 2.00 bits per heavy atom. The van der Waals surface area contributed by atoms with Crippen LogP contribution in [0, 0.1) is 0 Å². The Labute approximate surface area is 150 Å². The third-order valence-corrected chi connectivity index (χ3v) is 4.71. The van der Waals surface area contributed by atoms with Crippen LogP contribution in [-0.2, 0) is 20.8 Å². The number of benzene rings is 1. The monoisotopic (exact) mass is 350 g/mol. The predicted molar refractivity (Wildman–Crippen MR) is 96.5 cm³/mol. The van der Waals surface area contributed by atoms with Crippen LogP contribution in [0.3, 0.4) is 0 Å². The van der Waals surface area contributed by atoms with Gasteiger partial charge in [-0.05, 0) is 37.0 Å². The van der Waals surface area contributed by atoms with Crippen molar-refractivity contribution in [1.29, 1.82) is 0 Å². The van der Waals surface area contributed by atoms with Gasteiger partial charge in [-0.15, -0.1) is 6.58 Å². The van der Waals surface area contributed by atoms with E-state index in [1.54, 1.807) is 13.2 Å². The minimum atomic E-state index is -0.686. The molecule has 1 aliphatic rings. The van der Waals surface area contributed by atoms with Gasteiger partial charge in [0, 0.05) is 0 Å². The van der Waals surface area contributed by atoms with Gasteiger partial charge in [0.15, 0.2) is 5.79 Å². The van der Waals surface area contributed by atoms with Gasteiger partial charge in [0.1, 0.15) is 18.0 Å². The summed E-state index contributed by atoms with van der Waals surface area (Å²) >= 11 is 0. The lowest BCUT2D eigenvalue weighted by Gasteiger charge is -2.30. The normalized spacial score (nSPS) is 21.7. The average Bonchev–Trinajstić information content (AvgIpc) is 3.07. The van der Waals surface area contributed by atoms with Gasteiger partial charge in [-0.1, -0.05) is 32.1 Å². The lowest BCUT2D eigenvalue weighted by atomic mass is 10.0. The fourth-order valence-electron chi connectivity index (χ4n) is 3.05. The summed E-state index contributed by atoms with van der Waals surface area (Å²) in [5, 5.41) is 10.5. The van der Waals surface area contributed by atoms with Crippen molar-refractivity contribution >= 4 is 0 Å². The first-order chi connectivity index (χ1) is 12.1. The molecule has 0 bridgehead atoms. The van der Waals surface area contributed by atoms with Gasteiger partial charge in [0.2, 0.25) is 0 Å².